The molecule has 0 fully saturated rings. The number of rotatable bonds is 4. The number of aromatic nitrogens is 2. The van der Waals surface area contributed by atoms with Gasteiger partial charge in [-0.15, -0.1) is 0 Å². The van der Waals surface area contributed by atoms with Gasteiger partial charge in [-0.3, -0.25) is 14.2 Å². The summed E-state index contributed by atoms with van der Waals surface area (Å²) in [7, 11) is 0. The lowest BCUT2D eigenvalue weighted by Gasteiger charge is -2.23. The quantitative estimate of drug-likeness (QED) is 0.534. The molecule has 3 aromatic rings. The van der Waals surface area contributed by atoms with Gasteiger partial charge in [-0.25, -0.2) is 9.37 Å². The van der Waals surface area contributed by atoms with E-state index in [0.29, 0.717) is 10.9 Å². The van der Waals surface area contributed by atoms with Crippen LogP contribution in [0.1, 0.15) is 27.7 Å². The zero-order valence-corrected chi connectivity index (χ0v) is 17.0. The predicted molar refractivity (Wildman–Crippen MR) is 111 cm³/mol. The van der Waals surface area contributed by atoms with Gasteiger partial charge >= 0.3 is 0 Å². The van der Waals surface area contributed by atoms with Crippen molar-refractivity contribution in [1.82, 2.24) is 14.9 Å². The molecule has 1 unspecified atom stereocenters. The fraction of sp³-hybridized carbons (Fsp3) is 0.286. The van der Waals surface area contributed by atoms with Crippen LogP contribution in [0.2, 0.25) is 0 Å². The van der Waals surface area contributed by atoms with E-state index in [1.807, 2.05) is 20.8 Å². The lowest BCUT2D eigenvalue weighted by atomic mass is 10.1. The number of hydrogen-bond donors (Lipinski definition) is 1. The molecular formula is C21H22FN3O2S. The lowest BCUT2D eigenvalue weighted by Crippen LogP contribution is -2.44. The van der Waals surface area contributed by atoms with Gasteiger partial charge in [-0.05, 0) is 52.0 Å². The van der Waals surface area contributed by atoms with Crippen molar-refractivity contribution in [3.8, 4) is 5.69 Å². The Morgan fingerprint density at radius 3 is 2.46 bits per heavy atom. The third-order valence-electron chi connectivity index (χ3n) is 3.99. The Labute approximate surface area is 167 Å². The second kappa shape index (κ2) is 7.75. The van der Waals surface area contributed by atoms with Crippen LogP contribution in [0.4, 0.5) is 4.39 Å². The van der Waals surface area contributed by atoms with Crippen molar-refractivity contribution >= 4 is 28.6 Å². The zero-order valence-electron chi connectivity index (χ0n) is 16.2. The van der Waals surface area contributed by atoms with Crippen molar-refractivity contribution in [1.29, 1.82) is 0 Å². The van der Waals surface area contributed by atoms with Gasteiger partial charge in [0.15, 0.2) is 5.16 Å². The summed E-state index contributed by atoms with van der Waals surface area (Å²) >= 11 is 1.12. The fourth-order valence-corrected chi connectivity index (χ4v) is 3.64. The predicted octanol–water partition coefficient (Wildman–Crippen LogP) is 3.92. The van der Waals surface area contributed by atoms with Crippen molar-refractivity contribution in [2.45, 2.75) is 43.6 Å². The van der Waals surface area contributed by atoms with Crippen molar-refractivity contribution in [2.24, 2.45) is 0 Å². The average molecular weight is 399 g/mol. The largest absolute Gasteiger partial charge is 0.351 e. The minimum absolute atomic E-state index is 0.108. The summed E-state index contributed by atoms with van der Waals surface area (Å²) in [5.74, 6) is -0.713. The topological polar surface area (TPSA) is 64.0 Å². The number of para-hydroxylation sites is 2. The molecule has 1 heterocycles. The van der Waals surface area contributed by atoms with Gasteiger partial charge in [0.05, 0.1) is 21.8 Å². The molecule has 1 amide bonds. The summed E-state index contributed by atoms with van der Waals surface area (Å²) in [6.45, 7) is 7.42. The molecule has 1 atom stereocenters. The van der Waals surface area contributed by atoms with E-state index in [-0.39, 0.29) is 27.8 Å². The molecule has 7 heteroatoms. The van der Waals surface area contributed by atoms with E-state index in [2.05, 4.69) is 10.3 Å². The zero-order chi connectivity index (χ0) is 20.5. The molecule has 0 bridgehead atoms. The SMILES string of the molecule is CC(Sc1nc2ccccc2c(=O)n1-c1ccccc1F)C(=O)NC(C)(C)C. The molecular weight excluding hydrogens is 377 g/mol. The second-order valence-corrected chi connectivity index (χ2v) is 8.81. The maximum absolute atomic E-state index is 14.5. The Hall–Kier alpha value is -2.67. The van der Waals surface area contributed by atoms with Crippen LogP contribution < -0.4 is 10.9 Å². The van der Waals surface area contributed by atoms with Gasteiger partial charge in [0.1, 0.15) is 5.82 Å². The molecule has 0 spiro atoms. The molecule has 1 N–H and O–H groups in total. The number of carbonyl (C=O) groups excluding carboxylic acids is 1. The Morgan fingerprint density at radius 2 is 1.79 bits per heavy atom. The van der Waals surface area contributed by atoms with E-state index < -0.39 is 11.1 Å². The second-order valence-electron chi connectivity index (χ2n) is 7.50. The first-order valence-corrected chi connectivity index (χ1v) is 9.81. The summed E-state index contributed by atoms with van der Waals surface area (Å²) in [6.07, 6.45) is 0. The van der Waals surface area contributed by atoms with Crippen LogP contribution in [0.15, 0.2) is 58.5 Å². The van der Waals surface area contributed by atoms with Crippen LogP contribution in [-0.2, 0) is 4.79 Å². The lowest BCUT2D eigenvalue weighted by molar-refractivity contribution is -0.121. The van der Waals surface area contributed by atoms with Crippen LogP contribution in [0, 0.1) is 5.82 Å². The minimum Gasteiger partial charge on any atom is -0.351 e. The molecule has 146 valence electrons. The number of carbonyl (C=O) groups is 1. The van der Waals surface area contributed by atoms with Gasteiger partial charge < -0.3 is 5.32 Å². The van der Waals surface area contributed by atoms with Crippen LogP contribution in [0.25, 0.3) is 16.6 Å². The Bertz CT molecular complexity index is 1090. The van der Waals surface area contributed by atoms with Crippen LogP contribution in [0.5, 0.6) is 0 Å². The Morgan fingerprint density at radius 1 is 1.14 bits per heavy atom. The van der Waals surface area contributed by atoms with Gasteiger partial charge in [0, 0.05) is 5.54 Å². The van der Waals surface area contributed by atoms with Gasteiger partial charge in [0.2, 0.25) is 5.91 Å². The van der Waals surface area contributed by atoms with Crippen LogP contribution in [-0.4, -0.2) is 26.2 Å². The average Bonchev–Trinajstić information content (AvgIpc) is 2.62. The summed E-state index contributed by atoms with van der Waals surface area (Å²) in [6, 6.07) is 12.9. The highest BCUT2D eigenvalue weighted by Crippen LogP contribution is 2.26. The molecule has 28 heavy (non-hydrogen) atoms. The third-order valence-corrected chi connectivity index (χ3v) is 5.04. The molecule has 1 aromatic heterocycles. The van der Waals surface area contributed by atoms with Crippen LogP contribution >= 0.6 is 11.8 Å². The number of thioether (sulfide) groups is 1. The molecule has 0 aliphatic rings. The van der Waals surface area contributed by atoms with E-state index in [1.54, 1.807) is 43.3 Å². The van der Waals surface area contributed by atoms with Gasteiger partial charge in [-0.2, -0.15) is 0 Å². The van der Waals surface area contributed by atoms with E-state index in [4.69, 9.17) is 0 Å². The Kier molecular flexibility index (Phi) is 5.56. The monoisotopic (exact) mass is 399 g/mol. The van der Waals surface area contributed by atoms with Crippen molar-refractivity contribution in [2.75, 3.05) is 0 Å². The number of benzene rings is 2. The molecule has 0 aliphatic carbocycles. The summed E-state index contributed by atoms with van der Waals surface area (Å²) in [4.78, 5) is 30.2. The van der Waals surface area contributed by atoms with E-state index in [0.717, 1.165) is 11.8 Å². The van der Waals surface area contributed by atoms with E-state index in [9.17, 15) is 14.0 Å². The Balaban J connectivity index is 2.13. The molecule has 0 saturated carbocycles. The van der Waals surface area contributed by atoms with Gasteiger partial charge in [0.25, 0.3) is 5.56 Å². The molecule has 0 saturated heterocycles. The fourth-order valence-electron chi connectivity index (χ4n) is 2.72. The normalized spacial score (nSPS) is 12.8. The first kappa shape index (κ1) is 20.1. The van der Waals surface area contributed by atoms with E-state index >= 15 is 0 Å². The van der Waals surface area contributed by atoms with Gasteiger partial charge in [-0.1, -0.05) is 36.0 Å². The van der Waals surface area contributed by atoms with Crippen LogP contribution in [0.3, 0.4) is 0 Å². The first-order chi connectivity index (χ1) is 13.2. The number of hydrogen-bond acceptors (Lipinski definition) is 4. The van der Waals surface area contributed by atoms with Crippen molar-refractivity contribution in [3.05, 3.63) is 64.7 Å². The number of halogens is 1. The highest BCUT2D eigenvalue weighted by atomic mass is 32.2. The van der Waals surface area contributed by atoms with Crippen molar-refractivity contribution < 1.29 is 9.18 Å². The number of nitrogens with one attached hydrogen (secondary N) is 1. The number of nitrogens with zero attached hydrogens (tertiary/aromatic N) is 2. The summed E-state index contributed by atoms with van der Waals surface area (Å²) in [5.41, 5.74) is -0.141. The third kappa shape index (κ3) is 4.25. The number of amides is 1. The maximum Gasteiger partial charge on any atom is 0.266 e. The molecule has 0 aliphatic heterocycles. The summed E-state index contributed by atoms with van der Waals surface area (Å²) < 4.78 is 15.7. The molecule has 0 radical (unpaired) electrons. The van der Waals surface area contributed by atoms with Crippen molar-refractivity contribution in [3.63, 3.8) is 0 Å². The number of fused-ring (bicyclic) bond motifs is 1. The highest BCUT2D eigenvalue weighted by molar-refractivity contribution is 8.00. The highest BCUT2D eigenvalue weighted by Gasteiger charge is 2.24. The maximum atomic E-state index is 14.5. The first-order valence-electron chi connectivity index (χ1n) is 8.93. The molecule has 3 rings (SSSR count). The van der Waals surface area contributed by atoms with E-state index in [1.165, 1.54) is 16.7 Å². The minimum atomic E-state index is -0.532. The standard InChI is InChI=1S/C21H22FN3O2S/c1-13(18(26)24-21(2,3)4)28-20-23-16-11-7-5-9-14(16)19(27)25(20)17-12-8-6-10-15(17)22/h5-13H,1-4H3,(H,24,26). The molecule has 5 nitrogen and oxygen atoms in total. The molecule has 2 aromatic carbocycles. The summed E-state index contributed by atoms with van der Waals surface area (Å²) in [5, 5.41) is 3.05. The smallest absolute Gasteiger partial charge is 0.266 e.